The maximum Gasteiger partial charge on any atom is 0.326 e. The summed E-state index contributed by atoms with van der Waals surface area (Å²) in [5, 5.41) is 11.4. The molecule has 4 nitrogen and oxygen atoms in total. The molecule has 0 heterocycles. The molecule has 5 heteroatoms. The third-order valence-electron chi connectivity index (χ3n) is 2.31. The van der Waals surface area contributed by atoms with E-state index in [0.29, 0.717) is 17.7 Å². The first kappa shape index (κ1) is 15.1. The molecule has 0 aliphatic carbocycles. The van der Waals surface area contributed by atoms with E-state index >= 15 is 0 Å². The Morgan fingerprint density at radius 1 is 1.37 bits per heavy atom. The van der Waals surface area contributed by atoms with E-state index in [0.717, 1.165) is 0 Å². The summed E-state index contributed by atoms with van der Waals surface area (Å²) in [6, 6.07) is 8.17. The number of hydrogen-bond acceptors (Lipinski definition) is 3. The van der Waals surface area contributed by atoms with Gasteiger partial charge < -0.3 is 10.4 Å². The van der Waals surface area contributed by atoms with Gasteiger partial charge in [0.15, 0.2) is 0 Å². The van der Waals surface area contributed by atoms with Gasteiger partial charge in [-0.3, -0.25) is 4.79 Å². The maximum absolute atomic E-state index is 11.5. The Balaban J connectivity index is 2.58. The van der Waals surface area contributed by atoms with Crippen LogP contribution < -0.4 is 5.32 Å². The minimum atomic E-state index is -1.04. The fourth-order valence-corrected chi connectivity index (χ4v) is 1.81. The van der Waals surface area contributed by atoms with E-state index in [9.17, 15) is 9.59 Å². The summed E-state index contributed by atoms with van der Waals surface area (Å²) in [7, 11) is 0. The summed E-state index contributed by atoms with van der Waals surface area (Å²) in [4.78, 5) is 22.5. The van der Waals surface area contributed by atoms with Gasteiger partial charge >= 0.3 is 5.97 Å². The van der Waals surface area contributed by atoms with Crippen LogP contribution in [0.25, 0.3) is 0 Å². The van der Waals surface area contributed by atoms with Crippen LogP contribution in [-0.4, -0.2) is 35.0 Å². The molecule has 0 bridgehead atoms. The van der Waals surface area contributed by atoms with Crippen molar-refractivity contribution in [2.75, 3.05) is 12.0 Å². The second kappa shape index (κ2) is 8.22. The predicted molar refractivity (Wildman–Crippen MR) is 75.9 cm³/mol. The molecular formula is C14H15NO3S. The molecule has 1 aromatic rings. The topological polar surface area (TPSA) is 66.4 Å². The van der Waals surface area contributed by atoms with Gasteiger partial charge in [0.1, 0.15) is 6.04 Å². The molecule has 0 saturated heterocycles. The molecule has 0 aliphatic heterocycles. The second-order valence-corrected chi connectivity index (χ2v) is 4.75. The Morgan fingerprint density at radius 2 is 2.05 bits per heavy atom. The first-order valence-corrected chi connectivity index (χ1v) is 7.12. The summed E-state index contributed by atoms with van der Waals surface area (Å²) >= 11 is 1.53. The molecule has 2 N–H and O–H groups in total. The molecule has 0 saturated carbocycles. The SMILES string of the molecule is CSCC[C@H](NC(=O)C#Cc1ccccc1)C(=O)O. The van der Waals surface area contributed by atoms with Crippen molar-refractivity contribution < 1.29 is 14.7 Å². The molecule has 1 aromatic carbocycles. The minimum absolute atomic E-state index is 0.384. The average molecular weight is 277 g/mol. The van der Waals surface area contributed by atoms with Crippen LogP contribution in [0.5, 0.6) is 0 Å². The maximum atomic E-state index is 11.5. The van der Waals surface area contributed by atoms with Crippen LogP contribution in [0.4, 0.5) is 0 Å². The number of carbonyl (C=O) groups excluding carboxylic acids is 1. The van der Waals surface area contributed by atoms with Crippen LogP contribution in [0, 0.1) is 11.8 Å². The number of aliphatic carboxylic acids is 1. The zero-order chi connectivity index (χ0) is 14.1. The number of carbonyl (C=O) groups is 2. The number of hydrogen-bond donors (Lipinski definition) is 2. The van der Waals surface area contributed by atoms with Crippen molar-refractivity contribution in [1.82, 2.24) is 5.32 Å². The number of rotatable bonds is 5. The van der Waals surface area contributed by atoms with Gasteiger partial charge in [0.25, 0.3) is 5.91 Å². The Morgan fingerprint density at radius 3 is 2.63 bits per heavy atom. The molecule has 1 amide bonds. The van der Waals surface area contributed by atoms with Crippen molar-refractivity contribution in [2.24, 2.45) is 0 Å². The van der Waals surface area contributed by atoms with E-state index < -0.39 is 17.9 Å². The number of carboxylic acids is 1. The average Bonchev–Trinajstić information content (AvgIpc) is 2.42. The molecule has 0 aromatic heterocycles. The Labute approximate surface area is 116 Å². The number of nitrogens with one attached hydrogen (secondary N) is 1. The van der Waals surface area contributed by atoms with Gasteiger partial charge in [0.05, 0.1) is 0 Å². The third-order valence-corrected chi connectivity index (χ3v) is 2.95. The lowest BCUT2D eigenvalue weighted by Crippen LogP contribution is -2.40. The summed E-state index contributed by atoms with van der Waals surface area (Å²) < 4.78 is 0. The number of amides is 1. The Kier molecular flexibility index (Phi) is 6.55. The van der Waals surface area contributed by atoms with Gasteiger partial charge in [-0.25, -0.2) is 4.79 Å². The molecule has 0 fully saturated rings. The highest BCUT2D eigenvalue weighted by atomic mass is 32.2. The lowest BCUT2D eigenvalue weighted by molar-refractivity contribution is -0.141. The summed E-state index contributed by atoms with van der Waals surface area (Å²) in [6.45, 7) is 0. The van der Waals surface area contributed by atoms with E-state index in [1.165, 1.54) is 11.8 Å². The monoisotopic (exact) mass is 277 g/mol. The molecule has 0 radical (unpaired) electrons. The highest BCUT2D eigenvalue weighted by Gasteiger charge is 2.18. The Bertz CT molecular complexity index is 490. The fraction of sp³-hybridized carbons (Fsp3) is 0.286. The quantitative estimate of drug-likeness (QED) is 0.798. The standard InChI is InChI=1S/C14H15NO3S/c1-19-10-9-12(14(17)18)15-13(16)8-7-11-5-3-2-4-6-11/h2-6,12H,9-10H2,1H3,(H,15,16)(H,17,18)/t12-/m0/s1. The molecule has 1 atom stereocenters. The van der Waals surface area contributed by atoms with E-state index in [-0.39, 0.29) is 0 Å². The highest BCUT2D eigenvalue weighted by Crippen LogP contribution is 2.01. The first-order valence-electron chi connectivity index (χ1n) is 5.73. The van der Waals surface area contributed by atoms with Crippen molar-refractivity contribution in [1.29, 1.82) is 0 Å². The van der Waals surface area contributed by atoms with Gasteiger partial charge in [-0.1, -0.05) is 24.1 Å². The largest absolute Gasteiger partial charge is 0.480 e. The summed E-state index contributed by atoms with van der Waals surface area (Å²) in [5.74, 6) is 4.14. The zero-order valence-corrected chi connectivity index (χ0v) is 11.4. The number of benzene rings is 1. The molecular weight excluding hydrogens is 262 g/mol. The zero-order valence-electron chi connectivity index (χ0n) is 10.6. The molecule has 100 valence electrons. The Hall–Kier alpha value is -1.93. The van der Waals surface area contributed by atoms with Crippen molar-refractivity contribution in [2.45, 2.75) is 12.5 Å². The van der Waals surface area contributed by atoms with Crippen LogP contribution in [0.3, 0.4) is 0 Å². The van der Waals surface area contributed by atoms with Crippen LogP contribution in [-0.2, 0) is 9.59 Å². The predicted octanol–water partition coefficient (Wildman–Crippen LogP) is 1.36. The van der Waals surface area contributed by atoms with Gasteiger partial charge in [-0.05, 0) is 30.6 Å². The molecule has 1 rings (SSSR count). The van der Waals surface area contributed by atoms with E-state index in [1.54, 1.807) is 12.1 Å². The van der Waals surface area contributed by atoms with Gasteiger partial charge in [0, 0.05) is 11.5 Å². The molecule has 0 unspecified atom stereocenters. The fourth-order valence-electron chi connectivity index (χ4n) is 1.34. The summed E-state index contributed by atoms with van der Waals surface area (Å²) in [6.07, 6.45) is 2.27. The number of thioether (sulfide) groups is 1. The van der Waals surface area contributed by atoms with Gasteiger partial charge in [0.2, 0.25) is 0 Å². The molecule has 19 heavy (non-hydrogen) atoms. The van der Waals surface area contributed by atoms with Crippen LogP contribution in [0.15, 0.2) is 30.3 Å². The lowest BCUT2D eigenvalue weighted by atomic mass is 10.2. The minimum Gasteiger partial charge on any atom is -0.480 e. The van der Waals surface area contributed by atoms with E-state index in [4.69, 9.17) is 5.11 Å². The summed E-state index contributed by atoms with van der Waals surface area (Å²) in [5.41, 5.74) is 0.716. The van der Waals surface area contributed by atoms with Crippen LogP contribution >= 0.6 is 11.8 Å². The van der Waals surface area contributed by atoms with Crippen molar-refractivity contribution >= 4 is 23.6 Å². The molecule has 0 aliphatic rings. The van der Waals surface area contributed by atoms with Crippen LogP contribution in [0.2, 0.25) is 0 Å². The van der Waals surface area contributed by atoms with Crippen molar-refractivity contribution in [3.8, 4) is 11.8 Å². The smallest absolute Gasteiger partial charge is 0.326 e. The van der Waals surface area contributed by atoms with Gasteiger partial charge in [-0.15, -0.1) is 0 Å². The molecule has 0 spiro atoms. The first-order chi connectivity index (χ1) is 9.13. The normalized spacial score (nSPS) is 11.0. The number of carboxylic acid groups (broad SMARTS) is 1. The van der Waals surface area contributed by atoms with Crippen LogP contribution in [0.1, 0.15) is 12.0 Å². The third kappa shape index (κ3) is 5.98. The van der Waals surface area contributed by atoms with Crippen molar-refractivity contribution in [3.05, 3.63) is 35.9 Å². The van der Waals surface area contributed by atoms with Gasteiger partial charge in [-0.2, -0.15) is 11.8 Å². The van der Waals surface area contributed by atoms with Crippen molar-refractivity contribution in [3.63, 3.8) is 0 Å². The highest BCUT2D eigenvalue weighted by molar-refractivity contribution is 7.98. The van der Waals surface area contributed by atoms with E-state index in [1.807, 2.05) is 24.5 Å². The van der Waals surface area contributed by atoms with E-state index in [2.05, 4.69) is 17.2 Å². The lowest BCUT2D eigenvalue weighted by Gasteiger charge is -2.11. The second-order valence-electron chi connectivity index (χ2n) is 3.76.